The van der Waals surface area contributed by atoms with Gasteiger partial charge >= 0.3 is 0 Å². The van der Waals surface area contributed by atoms with Crippen LogP contribution in [-0.4, -0.2) is 42.6 Å². The molecule has 3 heterocycles. The van der Waals surface area contributed by atoms with Crippen LogP contribution in [0.2, 0.25) is 0 Å². The highest BCUT2D eigenvalue weighted by Gasteiger charge is 2.26. The molecule has 1 fully saturated rings. The number of nitrogens with one attached hydrogen (secondary N) is 2. The largest absolute Gasteiger partial charge is 0.299 e. The Labute approximate surface area is 173 Å². The first-order valence-electron chi connectivity index (χ1n) is 9.44. The van der Waals surface area contributed by atoms with E-state index in [9.17, 15) is 13.2 Å². The number of thiophene rings is 1. The van der Waals surface area contributed by atoms with Crippen LogP contribution in [0.3, 0.4) is 0 Å². The smallest absolute Gasteiger partial charge is 0.264 e. The number of hydrogen-bond acceptors (Lipinski definition) is 6. The molecule has 1 aliphatic rings. The quantitative estimate of drug-likeness (QED) is 0.626. The predicted molar refractivity (Wildman–Crippen MR) is 113 cm³/mol. The summed E-state index contributed by atoms with van der Waals surface area (Å²) < 4.78 is 28.7. The molecule has 29 heavy (non-hydrogen) atoms. The fourth-order valence-electron chi connectivity index (χ4n) is 3.41. The first-order valence-corrected chi connectivity index (χ1v) is 11.7. The molecule has 0 spiro atoms. The van der Waals surface area contributed by atoms with E-state index in [1.54, 1.807) is 18.2 Å². The van der Waals surface area contributed by atoms with Crippen LogP contribution in [0.25, 0.3) is 10.6 Å². The van der Waals surface area contributed by atoms with Crippen molar-refractivity contribution in [2.24, 2.45) is 0 Å². The minimum atomic E-state index is -3.58. The molecule has 3 aromatic rings. The maximum absolute atomic E-state index is 12.8. The van der Waals surface area contributed by atoms with Crippen molar-refractivity contribution in [2.45, 2.75) is 29.6 Å². The Balaban J connectivity index is 1.36. The summed E-state index contributed by atoms with van der Waals surface area (Å²) in [5.41, 5.74) is 1.53. The lowest BCUT2D eigenvalue weighted by Crippen LogP contribution is -2.44. The van der Waals surface area contributed by atoms with Crippen molar-refractivity contribution in [2.75, 3.05) is 13.1 Å². The van der Waals surface area contributed by atoms with Gasteiger partial charge in [0.05, 0.1) is 4.88 Å². The van der Waals surface area contributed by atoms with E-state index in [0.29, 0.717) is 10.6 Å². The Kier molecular flexibility index (Phi) is 5.91. The van der Waals surface area contributed by atoms with Gasteiger partial charge in [-0.15, -0.1) is 11.3 Å². The average Bonchev–Trinajstić information content (AvgIpc) is 3.22. The standard InChI is InChI=1S/C20H22N4O3S2/c25-19-8-6-17(21-22-19)18-7-9-20(28-18)29(26,27)23-16-10-12-24(13-11-16)14-15-4-2-1-3-5-15/h1-9,16,23H,10-14H2,(H,22,25). The summed E-state index contributed by atoms with van der Waals surface area (Å²) in [5, 5.41) is 6.32. The molecule has 0 radical (unpaired) electrons. The van der Waals surface area contributed by atoms with Gasteiger partial charge in [-0.3, -0.25) is 9.69 Å². The molecule has 2 aromatic heterocycles. The number of sulfonamides is 1. The number of rotatable bonds is 6. The van der Waals surface area contributed by atoms with E-state index in [1.165, 1.54) is 11.6 Å². The molecular weight excluding hydrogens is 408 g/mol. The minimum Gasteiger partial charge on any atom is -0.299 e. The lowest BCUT2D eigenvalue weighted by molar-refractivity contribution is 0.200. The number of H-pyrrole nitrogens is 1. The van der Waals surface area contributed by atoms with Gasteiger partial charge in [-0.25, -0.2) is 18.2 Å². The van der Waals surface area contributed by atoms with Crippen LogP contribution < -0.4 is 10.3 Å². The Hall–Kier alpha value is -2.33. The minimum absolute atomic E-state index is 0.0659. The summed E-state index contributed by atoms with van der Waals surface area (Å²) in [6, 6.07) is 16.5. The fraction of sp³-hybridized carbons (Fsp3) is 0.300. The normalized spacial score (nSPS) is 16.1. The van der Waals surface area contributed by atoms with Crippen LogP contribution in [0.5, 0.6) is 0 Å². The SMILES string of the molecule is O=c1ccc(-c2ccc(S(=O)(=O)NC3CCN(Cc4ccccc4)CC3)s2)n[nH]1. The molecule has 0 aliphatic carbocycles. The Morgan fingerprint density at radius 2 is 1.83 bits per heavy atom. The van der Waals surface area contributed by atoms with E-state index in [2.05, 4.69) is 32.0 Å². The van der Waals surface area contributed by atoms with Gasteiger partial charge in [-0.1, -0.05) is 30.3 Å². The van der Waals surface area contributed by atoms with Crippen molar-refractivity contribution >= 4 is 21.4 Å². The molecule has 0 amide bonds. The number of piperidine rings is 1. The van der Waals surface area contributed by atoms with Gasteiger partial charge in [0.15, 0.2) is 0 Å². The summed E-state index contributed by atoms with van der Waals surface area (Å²) in [4.78, 5) is 14.2. The summed E-state index contributed by atoms with van der Waals surface area (Å²) in [5.74, 6) is 0. The Bertz CT molecular complexity index is 1100. The average molecular weight is 431 g/mol. The van der Waals surface area contributed by atoms with Gasteiger partial charge in [-0.2, -0.15) is 5.10 Å². The highest BCUT2D eigenvalue weighted by molar-refractivity contribution is 7.91. The molecule has 1 aliphatic heterocycles. The maximum Gasteiger partial charge on any atom is 0.264 e. The maximum atomic E-state index is 12.8. The van der Waals surface area contributed by atoms with E-state index in [0.717, 1.165) is 43.8 Å². The zero-order valence-corrected chi connectivity index (χ0v) is 17.4. The lowest BCUT2D eigenvalue weighted by atomic mass is 10.1. The van der Waals surface area contributed by atoms with Crippen LogP contribution in [-0.2, 0) is 16.6 Å². The molecule has 2 N–H and O–H groups in total. The molecule has 0 atom stereocenters. The number of likely N-dealkylation sites (tertiary alicyclic amines) is 1. The highest BCUT2D eigenvalue weighted by Crippen LogP contribution is 2.29. The van der Waals surface area contributed by atoms with Crippen LogP contribution >= 0.6 is 11.3 Å². The third-order valence-corrected chi connectivity index (χ3v) is 8.06. The molecule has 1 aromatic carbocycles. The van der Waals surface area contributed by atoms with Crippen molar-refractivity contribution in [1.29, 1.82) is 0 Å². The van der Waals surface area contributed by atoms with E-state index in [-0.39, 0.29) is 15.8 Å². The summed E-state index contributed by atoms with van der Waals surface area (Å²) in [7, 11) is -3.58. The van der Waals surface area contributed by atoms with Crippen molar-refractivity contribution in [3.63, 3.8) is 0 Å². The first kappa shape index (κ1) is 20.0. The van der Waals surface area contributed by atoms with Crippen LogP contribution in [0.1, 0.15) is 18.4 Å². The van der Waals surface area contributed by atoms with Crippen molar-refractivity contribution in [1.82, 2.24) is 19.8 Å². The van der Waals surface area contributed by atoms with Gasteiger partial charge in [-0.05, 0) is 36.6 Å². The summed E-state index contributed by atoms with van der Waals surface area (Å²) in [6.45, 7) is 2.61. The zero-order chi connectivity index (χ0) is 20.3. The van der Waals surface area contributed by atoms with E-state index < -0.39 is 10.0 Å². The van der Waals surface area contributed by atoms with Crippen LogP contribution in [0, 0.1) is 0 Å². The van der Waals surface area contributed by atoms with Crippen molar-refractivity contribution in [3.05, 3.63) is 70.5 Å². The first-order chi connectivity index (χ1) is 14.0. The third-order valence-electron chi connectivity index (χ3n) is 4.94. The number of nitrogens with zero attached hydrogens (tertiary/aromatic N) is 2. The van der Waals surface area contributed by atoms with Crippen LogP contribution in [0.15, 0.2) is 63.6 Å². The number of aromatic amines is 1. The molecule has 4 rings (SSSR count). The molecule has 0 bridgehead atoms. The van der Waals surface area contributed by atoms with E-state index in [1.807, 2.05) is 18.2 Å². The fourth-order valence-corrected chi connectivity index (χ4v) is 6.01. The second-order valence-electron chi connectivity index (χ2n) is 7.08. The lowest BCUT2D eigenvalue weighted by Gasteiger charge is -2.32. The van der Waals surface area contributed by atoms with E-state index in [4.69, 9.17) is 0 Å². The number of hydrogen-bond donors (Lipinski definition) is 2. The summed E-state index contributed by atoms with van der Waals surface area (Å²) in [6.07, 6.45) is 1.57. The van der Waals surface area contributed by atoms with Gasteiger partial charge in [0.2, 0.25) is 10.0 Å². The van der Waals surface area contributed by atoms with Gasteiger partial charge in [0.1, 0.15) is 9.90 Å². The van der Waals surface area contributed by atoms with Crippen molar-refractivity contribution in [3.8, 4) is 10.6 Å². The molecule has 0 unspecified atom stereocenters. The molecule has 9 heteroatoms. The highest BCUT2D eigenvalue weighted by atomic mass is 32.2. The Morgan fingerprint density at radius 1 is 1.07 bits per heavy atom. The predicted octanol–water partition coefficient (Wildman–Crippen LogP) is 2.44. The monoisotopic (exact) mass is 430 g/mol. The van der Waals surface area contributed by atoms with Gasteiger partial charge in [0.25, 0.3) is 5.56 Å². The number of benzene rings is 1. The van der Waals surface area contributed by atoms with Gasteiger partial charge < -0.3 is 0 Å². The Morgan fingerprint density at radius 3 is 2.52 bits per heavy atom. The summed E-state index contributed by atoms with van der Waals surface area (Å²) >= 11 is 1.14. The zero-order valence-electron chi connectivity index (χ0n) is 15.7. The van der Waals surface area contributed by atoms with Crippen molar-refractivity contribution < 1.29 is 8.42 Å². The number of aromatic nitrogens is 2. The molecule has 152 valence electrons. The topological polar surface area (TPSA) is 95.2 Å². The van der Waals surface area contributed by atoms with E-state index >= 15 is 0 Å². The second-order valence-corrected chi connectivity index (χ2v) is 10.1. The second kappa shape index (κ2) is 8.58. The third kappa shape index (κ3) is 4.99. The van der Waals surface area contributed by atoms with Gasteiger partial charge in [0, 0.05) is 31.7 Å². The molecule has 7 nitrogen and oxygen atoms in total. The molecule has 0 saturated carbocycles. The molecule has 1 saturated heterocycles. The van der Waals surface area contributed by atoms with Crippen LogP contribution in [0.4, 0.5) is 0 Å². The molecular formula is C20H22N4O3S2.